The quantitative estimate of drug-likeness (QED) is 0.546. The van der Waals surface area contributed by atoms with Crippen molar-refractivity contribution in [1.29, 1.82) is 5.41 Å². The highest BCUT2D eigenvalue weighted by Gasteiger charge is 2.47. The number of piperidine rings is 1. The molecule has 4 rings (SSSR count). The van der Waals surface area contributed by atoms with Crippen molar-refractivity contribution in [3.05, 3.63) is 58.5 Å². The molecular weight excluding hydrogens is 430 g/mol. The molecular formula is C23H26ClN5O3. The standard InChI is InChI=1S/C23H26ClN5O3/c1-15(30)27-8-6-16(7-9-27)12-29-21(31)23(2,26-22(29)25)19-5-3-4-17(10-19)18-11-20(24)14-28(32)13-18/h3-5,10-11,13-14,16H,6-9,12H2,1-2H3,(H2,25,26). The summed E-state index contributed by atoms with van der Waals surface area (Å²) < 4.78 is 0.653. The summed E-state index contributed by atoms with van der Waals surface area (Å²) in [4.78, 5) is 28.3. The van der Waals surface area contributed by atoms with Crippen molar-refractivity contribution in [3.63, 3.8) is 0 Å². The normalized spacial score (nSPS) is 21.7. The molecule has 2 N–H and O–H groups in total. The summed E-state index contributed by atoms with van der Waals surface area (Å²) in [5.74, 6) is 0.213. The Kier molecular flexibility index (Phi) is 5.81. The van der Waals surface area contributed by atoms with Crippen LogP contribution < -0.4 is 10.0 Å². The summed E-state index contributed by atoms with van der Waals surface area (Å²) in [5, 5.41) is 23.6. The molecule has 0 aliphatic carbocycles. The Hall–Kier alpha value is -3.13. The molecule has 3 heterocycles. The van der Waals surface area contributed by atoms with Gasteiger partial charge in [-0.1, -0.05) is 29.8 Å². The van der Waals surface area contributed by atoms with Crippen LogP contribution in [0.4, 0.5) is 0 Å². The fourth-order valence-corrected chi connectivity index (χ4v) is 4.69. The fraction of sp³-hybridized carbons (Fsp3) is 0.391. The third-order valence-corrected chi connectivity index (χ3v) is 6.60. The molecule has 0 bridgehead atoms. The number of guanidine groups is 1. The minimum absolute atomic E-state index is 0.0739. The maximum atomic E-state index is 13.4. The number of carbonyl (C=O) groups excluding carboxylic acids is 2. The van der Waals surface area contributed by atoms with Crippen LogP contribution >= 0.6 is 11.6 Å². The van der Waals surface area contributed by atoms with E-state index in [1.807, 2.05) is 29.2 Å². The molecule has 2 aromatic rings. The molecule has 9 heteroatoms. The first-order valence-corrected chi connectivity index (χ1v) is 11.0. The molecule has 2 aliphatic heterocycles. The molecule has 1 unspecified atom stereocenters. The van der Waals surface area contributed by atoms with E-state index in [9.17, 15) is 14.8 Å². The molecule has 1 aromatic heterocycles. The van der Waals surface area contributed by atoms with Gasteiger partial charge in [-0.15, -0.1) is 0 Å². The second-order valence-electron chi connectivity index (χ2n) is 8.65. The van der Waals surface area contributed by atoms with E-state index in [1.54, 1.807) is 19.9 Å². The monoisotopic (exact) mass is 455 g/mol. The second kappa shape index (κ2) is 8.43. The van der Waals surface area contributed by atoms with Crippen LogP contribution in [-0.4, -0.2) is 47.2 Å². The number of nitrogens with zero attached hydrogens (tertiary/aromatic N) is 3. The number of carbonyl (C=O) groups is 2. The average Bonchev–Trinajstić information content (AvgIpc) is 2.97. The molecule has 2 fully saturated rings. The lowest BCUT2D eigenvalue weighted by atomic mass is 9.89. The molecule has 8 nitrogen and oxygen atoms in total. The summed E-state index contributed by atoms with van der Waals surface area (Å²) in [5.41, 5.74) is 1.02. The van der Waals surface area contributed by atoms with E-state index in [0.29, 0.717) is 40.5 Å². The zero-order valence-electron chi connectivity index (χ0n) is 18.1. The molecule has 168 valence electrons. The first kappa shape index (κ1) is 22.1. The van der Waals surface area contributed by atoms with Gasteiger partial charge in [0.05, 0.1) is 0 Å². The van der Waals surface area contributed by atoms with E-state index in [-0.39, 0.29) is 23.7 Å². The van der Waals surface area contributed by atoms with Gasteiger partial charge in [0.15, 0.2) is 18.4 Å². The fourth-order valence-electron chi connectivity index (χ4n) is 4.47. The number of likely N-dealkylation sites (tertiary alicyclic amines) is 1. The minimum atomic E-state index is -1.08. The Balaban J connectivity index is 1.54. The summed E-state index contributed by atoms with van der Waals surface area (Å²) in [6, 6.07) is 9.06. The third-order valence-electron chi connectivity index (χ3n) is 6.40. The number of pyridine rings is 1. The lowest BCUT2D eigenvalue weighted by Crippen LogP contribution is -2.43. The molecule has 1 atom stereocenters. The highest BCUT2D eigenvalue weighted by Crippen LogP contribution is 2.33. The van der Waals surface area contributed by atoms with Crippen molar-refractivity contribution >= 4 is 29.4 Å². The van der Waals surface area contributed by atoms with Crippen LogP contribution in [0.1, 0.15) is 32.3 Å². The third kappa shape index (κ3) is 4.14. The number of hydrogen-bond donors (Lipinski definition) is 2. The maximum Gasteiger partial charge on any atom is 0.259 e. The van der Waals surface area contributed by atoms with Crippen molar-refractivity contribution in [2.75, 3.05) is 19.6 Å². The average molecular weight is 456 g/mol. The Morgan fingerprint density at radius 3 is 2.66 bits per heavy atom. The summed E-state index contributed by atoms with van der Waals surface area (Å²) >= 11 is 6.03. The summed E-state index contributed by atoms with van der Waals surface area (Å²) in [7, 11) is 0. The molecule has 0 saturated carbocycles. The predicted molar refractivity (Wildman–Crippen MR) is 121 cm³/mol. The molecule has 0 radical (unpaired) electrons. The van der Waals surface area contributed by atoms with Crippen molar-refractivity contribution in [2.24, 2.45) is 5.92 Å². The van der Waals surface area contributed by atoms with Crippen LogP contribution in [0, 0.1) is 16.5 Å². The molecule has 2 aliphatic rings. The zero-order chi connectivity index (χ0) is 23.0. The van der Waals surface area contributed by atoms with Gasteiger partial charge in [-0.2, -0.15) is 4.73 Å². The van der Waals surface area contributed by atoms with Gasteiger partial charge in [0.25, 0.3) is 5.91 Å². The van der Waals surface area contributed by atoms with E-state index in [2.05, 4.69) is 5.32 Å². The van der Waals surface area contributed by atoms with Gasteiger partial charge in [0.1, 0.15) is 10.6 Å². The Labute approximate surface area is 191 Å². The number of rotatable bonds is 4. The molecule has 2 saturated heterocycles. The van der Waals surface area contributed by atoms with Gasteiger partial charge in [-0.3, -0.25) is 19.9 Å². The molecule has 0 spiro atoms. The van der Waals surface area contributed by atoms with Crippen LogP contribution in [0.3, 0.4) is 0 Å². The predicted octanol–water partition coefficient (Wildman–Crippen LogP) is 2.48. The number of hydrogen-bond acceptors (Lipinski definition) is 4. The zero-order valence-corrected chi connectivity index (χ0v) is 18.9. The SMILES string of the molecule is CC(=O)N1CCC(CN2C(=N)NC(C)(c3cccc(-c4cc(Cl)c[n+]([O-])c4)c3)C2=O)CC1. The van der Waals surface area contributed by atoms with Crippen LogP contribution in [0.2, 0.25) is 5.02 Å². The van der Waals surface area contributed by atoms with Crippen LogP contribution in [0.15, 0.2) is 42.7 Å². The lowest BCUT2D eigenvalue weighted by Gasteiger charge is -2.33. The number of halogens is 1. The van der Waals surface area contributed by atoms with Crippen LogP contribution in [-0.2, 0) is 15.1 Å². The molecule has 32 heavy (non-hydrogen) atoms. The van der Waals surface area contributed by atoms with Gasteiger partial charge in [-0.25, -0.2) is 0 Å². The largest absolute Gasteiger partial charge is 0.619 e. The van der Waals surface area contributed by atoms with Gasteiger partial charge < -0.3 is 15.4 Å². The van der Waals surface area contributed by atoms with E-state index in [0.717, 1.165) is 18.4 Å². The number of amides is 2. The Morgan fingerprint density at radius 2 is 2.00 bits per heavy atom. The highest BCUT2D eigenvalue weighted by molar-refractivity contribution is 6.30. The van der Waals surface area contributed by atoms with E-state index in [1.165, 1.54) is 17.3 Å². The molecule has 2 amide bonds. The lowest BCUT2D eigenvalue weighted by molar-refractivity contribution is -0.604. The highest BCUT2D eigenvalue weighted by atomic mass is 35.5. The second-order valence-corrected chi connectivity index (χ2v) is 9.08. The van der Waals surface area contributed by atoms with Gasteiger partial charge >= 0.3 is 0 Å². The first-order chi connectivity index (χ1) is 15.2. The van der Waals surface area contributed by atoms with Crippen LogP contribution in [0.5, 0.6) is 0 Å². The van der Waals surface area contributed by atoms with Crippen molar-refractivity contribution in [1.82, 2.24) is 15.1 Å². The maximum absolute atomic E-state index is 13.4. The number of nitrogens with one attached hydrogen (secondary N) is 2. The van der Waals surface area contributed by atoms with Crippen LogP contribution in [0.25, 0.3) is 11.1 Å². The Morgan fingerprint density at radius 1 is 1.28 bits per heavy atom. The summed E-state index contributed by atoms with van der Waals surface area (Å²) in [6.07, 6.45) is 4.33. The van der Waals surface area contributed by atoms with Gasteiger partial charge in [0.2, 0.25) is 5.91 Å². The van der Waals surface area contributed by atoms with Gasteiger partial charge in [-0.05, 0) is 48.9 Å². The summed E-state index contributed by atoms with van der Waals surface area (Å²) in [6.45, 7) is 5.16. The van der Waals surface area contributed by atoms with E-state index < -0.39 is 5.54 Å². The van der Waals surface area contributed by atoms with E-state index in [4.69, 9.17) is 17.0 Å². The molecule has 1 aromatic carbocycles. The smallest absolute Gasteiger partial charge is 0.259 e. The topological polar surface area (TPSA) is 103 Å². The number of benzene rings is 1. The Bertz CT molecular complexity index is 1060. The van der Waals surface area contributed by atoms with Crippen molar-refractivity contribution in [2.45, 2.75) is 32.2 Å². The van der Waals surface area contributed by atoms with Crippen molar-refractivity contribution in [3.8, 4) is 11.1 Å². The minimum Gasteiger partial charge on any atom is -0.619 e. The first-order valence-electron chi connectivity index (χ1n) is 10.6. The van der Waals surface area contributed by atoms with Gasteiger partial charge in [0, 0.05) is 32.1 Å². The van der Waals surface area contributed by atoms with E-state index >= 15 is 0 Å². The van der Waals surface area contributed by atoms with Crippen molar-refractivity contribution < 1.29 is 14.3 Å². The number of aromatic nitrogens is 1.